The van der Waals surface area contributed by atoms with Gasteiger partial charge in [0.25, 0.3) is 5.91 Å². The van der Waals surface area contributed by atoms with E-state index >= 15 is 0 Å². The maximum atomic E-state index is 13.1. The molecule has 9 nitrogen and oxygen atoms in total. The van der Waals surface area contributed by atoms with Gasteiger partial charge < -0.3 is 20.0 Å². The Morgan fingerprint density at radius 1 is 1.07 bits per heavy atom. The molecular formula is C21H31N7O2. The van der Waals surface area contributed by atoms with Crippen molar-refractivity contribution in [2.24, 2.45) is 5.92 Å². The van der Waals surface area contributed by atoms with Gasteiger partial charge in [-0.25, -0.2) is 9.50 Å². The van der Waals surface area contributed by atoms with Crippen molar-refractivity contribution in [3.05, 3.63) is 30.2 Å². The number of hydrogen-bond acceptors (Lipinski definition) is 6. The van der Waals surface area contributed by atoms with Crippen molar-refractivity contribution >= 4 is 17.5 Å². The molecule has 9 heteroatoms. The number of amides is 2. The number of likely N-dealkylation sites (N-methyl/N-ethyl adjacent to an activating group) is 2. The molecule has 0 bridgehead atoms. The van der Waals surface area contributed by atoms with Gasteiger partial charge >= 0.3 is 0 Å². The summed E-state index contributed by atoms with van der Waals surface area (Å²) in [5.74, 6) is 0.147. The van der Waals surface area contributed by atoms with Gasteiger partial charge in [-0.15, -0.1) is 0 Å². The van der Waals surface area contributed by atoms with Crippen molar-refractivity contribution < 1.29 is 9.59 Å². The minimum absolute atomic E-state index is 0.00680. The molecule has 2 saturated heterocycles. The first-order valence-corrected chi connectivity index (χ1v) is 10.8. The SMILES string of the molecule is CN1CCCN(C(=O)[C@@H]2CC[C@H](NC(=O)c3ccn4ncnc4c3)CN(C)C2)CC1. The van der Waals surface area contributed by atoms with E-state index in [1.54, 1.807) is 22.8 Å². The molecule has 2 atom stereocenters. The highest BCUT2D eigenvalue weighted by Crippen LogP contribution is 2.20. The molecule has 0 saturated carbocycles. The number of nitrogens with zero attached hydrogens (tertiary/aromatic N) is 6. The molecule has 4 heterocycles. The van der Waals surface area contributed by atoms with Gasteiger partial charge in [0.2, 0.25) is 5.91 Å². The van der Waals surface area contributed by atoms with Crippen molar-refractivity contribution in [2.45, 2.75) is 25.3 Å². The smallest absolute Gasteiger partial charge is 0.251 e. The number of pyridine rings is 1. The molecule has 0 spiro atoms. The third-order valence-corrected chi connectivity index (χ3v) is 6.19. The Balaban J connectivity index is 1.36. The lowest BCUT2D eigenvalue weighted by atomic mass is 10.00. The number of carbonyl (C=O) groups is 2. The number of fused-ring (bicyclic) bond motifs is 1. The molecule has 2 aromatic heterocycles. The topological polar surface area (TPSA) is 86.1 Å². The average Bonchev–Trinajstić information content (AvgIpc) is 2.99. The third-order valence-electron chi connectivity index (χ3n) is 6.19. The van der Waals surface area contributed by atoms with Crippen LogP contribution in [0.4, 0.5) is 0 Å². The van der Waals surface area contributed by atoms with E-state index in [4.69, 9.17) is 0 Å². The predicted molar refractivity (Wildman–Crippen MR) is 113 cm³/mol. The number of nitrogens with one attached hydrogen (secondary N) is 1. The highest BCUT2D eigenvalue weighted by Gasteiger charge is 2.31. The second-order valence-corrected chi connectivity index (χ2v) is 8.63. The molecule has 2 amide bonds. The van der Waals surface area contributed by atoms with Crippen LogP contribution in [0.5, 0.6) is 0 Å². The van der Waals surface area contributed by atoms with E-state index in [0.29, 0.717) is 11.2 Å². The van der Waals surface area contributed by atoms with Gasteiger partial charge in [-0.1, -0.05) is 0 Å². The first kappa shape index (κ1) is 20.7. The van der Waals surface area contributed by atoms with Crippen molar-refractivity contribution in [3.63, 3.8) is 0 Å². The molecule has 4 rings (SSSR count). The van der Waals surface area contributed by atoms with Crippen LogP contribution in [0.15, 0.2) is 24.7 Å². The Morgan fingerprint density at radius 2 is 1.93 bits per heavy atom. The van der Waals surface area contributed by atoms with Crippen LogP contribution in [0.25, 0.3) is 5.65 Å². The Hall–Kier alpha value is -2.52. The van der Waals surface area contributed by atoms with E-state index in [1.807, 2.05) is 11.9 Å². The van der Waals surface area contributed by atoms with E-state index in [0.717, 1.165) is 58.5 Å². The van der Waals surface area contributed by atoms with Crippen LogP contribution < -0.4 is 5.32 Å². The summed E-state index contributed by atoms with van der Waals surface area (Å²) >= 11 is 0. The zero-order valence-electron chi connectivity index (χ0n) is 17.8. The first-order chi connectivity index (χ1) is 14.5. The standard InChI is InChI=1S/C21H31N7O2/c1-25-7-3-8-27(11-10-25)21(30)17-4-5-18(14-26(2)13-17)24-20(29)16-6-9-28-19(12-16)22-15-23-28/h6,9,12,15,17-18H,3-5,7-8,10-11,13-14H2,1-2H3,(H,24,29)/t17-,18+/m1/s1. The minimum Gasteiger partial charge on any atom is -0.348 e. The van der Waals surface area contributed by atoms with Crippen LogP contribution in [0, 0.1) is 5.92 Å². The van der Waals surface area contributed by atoms with E-state index in [2.05, 4.69) is 32.2 Å². The van der Waals surface area contributed by atoms with Gasteiger partial charge in [0.15, 0.2) is 5.65 Å². The van der Waals surface area contributed by atoms with Crippen LogP contribution in [0.2, 0.25) is 0 Å². The third kappa shape index (κ3) is 4.79. The second-order valence-electron chi connectivity index (χ2n) is 8.63. The summed E-state index contributed by atoms with van der Waals surface area (Å²) < 4.78 is 1.63. The van der Waals surface area contributed by atoms with Gasteiger partial charge in [0.05, 0.1) is 5.92 Å². The Kier molecular flexibility index (Phi) is 6.29. The summed E-state index contributed by atoms with van der Waals surface area (Å²) in [5.41, 5.74) is 1.22. The molecule has 2 aromatic rings. The molecule has 2 aliphatic rings. The van der Waals surface area contributed by atoms with Gasteiger partial charge in [0.1, 0.15) is 6.33 Å². The molecule has 2 aliphatic heterocycles. The molecule has 0 aliphatic carbocycles. The number of hydrogen-bond donors (Lipinski definition) is 1. The Morgan fingerprint density at radius 3 is 2.80 bits per heavy atom. The number of likely N-dealkylation sites (tertiary alicyclic amines) is 1. The molecule has 0 radical (unpaired) electrons. The van der Waals surface area contributed by atoms with Crippen LogP contribution in [0.3, 0.4) is 0 Å². The first-order valence-electron chi connectivity index (χ1n) is 10.8. The molecular weight excluding hydrogens is 382 g/mol. The minimum atomic E-state index is -0.112. The summed E-state index contributed by atoms with van der Waals surface area (Å²) in [6.45, 7) is 5.11. The molecule has 0 aromatic carbocycles. The van der Waals surface area contributed by atoms with Crippen LogP contribution in [-0.4, -0.2) is 101 Å². The van der Waals surface area contributed by atoms with Crippen molar-refractivity contribution in [2.75, 3.05) is 53.4 Å². The van der Waals surface area contributed by atoms with E-state index in [-0.39, 0.29) is 23.8 Å². The fourth-order valence-electron chi connectivity index (χ4n) is 4.48. The van der Waals surface area contributed by atoms with Gasteiger partial charge in [-0.05, 0) is 52.0 Å². The van der Waals surface area contributed by atoms with Crippen LogP contribution in [0.1, 0.15) is 29.6 Å². The lowest BCUT2D eigenvalue weighted by Crippen LogP contribution is -2.43. The number of aromatic nitrogens is 3. The normalized spacial score (nSPS) is 24.4. The second kappa shape index (κ2) is 9.09. The summed E-state index contributed by atoms with van der Waals surface area (Å²) in [6, 6.07) is 3.51. The lowest BCUT2D eigenvalue weighted by Gasteiger charge is -2.27. The summed E-state index contributed by atoms with van der Waals surface area (Å²) in [7, 11) is 4.14. The van der Waals surface area contributed by atoms with E-state index < -0.39 is 0 Å². The molecule has 2 fully saturated rings. The predicted octanol–water partition coefficient (Wildman–Crippen LogP) is 0.334. The summed E-state index contributed by atoms with van der Waals surface area (Å²) in [4.78, 5) is 36.5. The summed E-state index contributed by atoms with van der Waals surface area (Å²) in [6.07, 6.45) is 5.83. The zero-order valence-corrected chi connectivity index (χ0v) is 17.8. The van der Waals surface area contributed by atoms with E-state index in [9.17, 15) is 9.59 Å². The van der Waals surface area contributed by atoms with E-state index in [1.165, 1.54) is 6.33 Å². The Labute approximate surface area is 177 Å². The van der Waals surface area contributed by atoms with Gasteiger partial charge in [-0.3, -0.25) is 9.59 Å². The fourth-order valence-corrected chi connectivity index (χ4v) is 4.48. The Bertz CT molecular complexity index is 898. The van der Waals surface area contributed by atoms with Gasteiger partial charge in [-0.2, -0.15) is 5.10 Å². The largest absolute Gasteiger partial charge is 0.348 e. The van der Waals surface area contributed by atoms with Crippen LogP contribution in [-0.2, 0) is 4.79 Å². The number of carbonyl (C=O) groups excluding carboxylic acids is 2. The number of rotatable bonds is 3. The highest BCUT2D eigenvalue weighted by atomic mass is 16.2. The molecule has 30 heavy (non-hydrogen) atoms. The van der Waals surface area contributed by atoms with Crippen molar-refractivity contribution in [1.29, 1.82) is 0 Å². The molecule has 162 valence electrons. The zero-order chi connectivity index (χ0) is 21.1. The molecule has 1 N–H and O–H groups in total. The maximum absolute atomic E-state index is 13.1. The fraction of sp³-hybridized carbons (Fsp3) is 0.619. The summed E-state index contributed by atoms with van der Waals surface area (Å²) in [5, 5.41) is 7.21. The molecule has 0 unspecified atom stereocenters. The lowest BCUT2D eigenvalue weighted by molar-refractivity contribution is -0.136. The maximum Gasteiger partial charge on any atom is 0.251 e. The van der Waals surface area contributed by atoms with Gasteiger partial charge in [0, 0.05) is 50.5 Å². The quantitative estimate of drug-likeness (QED) is 0.781. The average molecular weight is 414 g/mol. The van der Waals surface area contributed by atoms with Crippen molar-refractivity contribution in [1.82, 2.24) is 34.6 Å². The monoisotopic (exact) mass is 413 g/mol. The van der Waals surface area contributed by atoms with Crippen LogP contribution >= 0.6 is 0 Å². The highest BCUT2D eigenvalue weighted by molar-refractivity contribution is 5.95. The van der Waals surface area contributed by atoms with Crippen molar-refractivity contribution in [3.8, 4) is 0 Å².